The van der Waals surface area contributed by atoms with E-state index in [4.69, 9.17) is 9.47 Å². The molecule has 2 aliphatic carbocycles. The van der Waals surface area contributed by atoms with Gasteiger partial charge in [-0.25, -0.2) is 0 Å². The highest BCUT2D eigenvalue weighted by atomic mass is 16.7. The van der Waals surface area contributed by atoms with Gasteiger partial charge < -0.3 is 45.0 Å². The first kappa shape index (κ1) is 28.3. The number of aliphatic hydroxyl groups is 3. The molecule has 12 nitrogen and oxygen atoms in total. The highest BCUT2D eigenvalue weighted by molar-refractivity contribution is 6.31. The van der Waals surface area contributed by atoms with E-state index in [1.165, 1.54) is 18.2 Å². The van der Waals surface area contributed by atoms with E-state index in [0.717, 1.165) is 6.42 Å². The van der Waals surface area contributed by atoms with Gasteiger partial charge in [-0.2, -0.15) is 0 Å². The van der Waals surface area contributed by atoms with Gasteiger partial charge in [-0.05, 0) is 25.6 Å². The Balaban J connectivity index is 1.46. The number of fused-ring (bicyclic) bond motifs is 3. The van der Waals surface area contributed by atoms with Crippen LogP contribution in [0.15, 0.2) is 30.5 Å². The van der Waals surface area contributed by atoms with Gasteiger partial charge >= 0.3 is 0 Å². The molecule has 2 aliphatic heterocycles. The zero-order chi connectivity index (χ0) is 30.1. The molecule has 6 rings (SSSR count). The molecule has 0 bridgehead atoms. The molecule has 2 aromatic carbocycles. The Morgan fingerprint density at radius 2 is 1.86 bits per heavy atom. The Hall–Kier alpha value is -3.81. The lowest BCUT2D eigenvalue weighted by atomic mass is 9.72. The highest BCUT2D eigenvalue weighted by Crippen LogP contribution is 2.52. The summed E-state index contributed by atoms with van der Waals surface area (Å²) in [5.74, 6) is -4.61. The minimum Gasteiger partial charge on any atom is -0.507 e. The molecule has 0 radical (unpaired) electrons. The minimum atomic E-state index is -2.25. The fourth-order valence-electron chi connectivity index (χ4n) is 6.65. The Labute approximate surface area is 240 Å². The molecule has 2 heterocycles. The van der Waals surface area contributed by atoms with Gasteiger partial charge in [0.15, 0.2) is 17.9 Å². The van der Waals surface area contributed by atoms with Crippen LogP contribution in [0.3, 0.4) is 0 Å². The lowest BCUT2D eigenvalue weighted by molar-refractivity contribution is -0.256. The molecular formula is C30H31NO11. The van der Waals surface area contributed by atoms with Gasteiger partial charge in [0.2, 0.25) is 5.78 Å². The van der Waals surface area contributed by atoms with Crippen molar-refractivity contribution in [2.24, 2.45) is 0 Å². The van der Waals surface area contributed by atoms with Crippen LogP contribution in [0.5, 0.6) is 17.2 Å². The topological polar surface area (TPSA) is 194 Å². The van der Waals surface area contributed by atoms with E-state index < -0.39 is 95.4 Å². The van der Waals surface area contributed by atoms with E-state index in [0.29, 0.717) is 6.54 Å². The van der Waals surface area contributed by atoms with Gasteiger partial charge in [-0.15, -0.1) is 0 Å². The number of aliphatic hydroxyl groups excluding tert-OH is 2. The SMILES string of the molecule is CC1OC(OC2CC(O)(C(=O)CO)Cc3c(O)c4c(c(O)c32)C(=O)c2c(O)cccc2C4=O)CC(N2C=CCC2)C1O. The van der Waals surface area contributed by atoms with Crippen LogP contribution in [0, 0.1) is 0 Å². The number of rotatable bonds is 5. The summed E-state index contributed by atoms with van der Waals surface area (Å²) in [4.78, 5) is 41.7. The highest BCUT2D eigenvalue weighted by Gasteiger charge is 2.50. The van der Waals surface area contributed by atoms with Crippen molar-refractivity contribution in [3.63, 3.8) is 0 Å². The number of benzene rings is 2. The van der Waals surface area contributed by atoms with Crippen molar-refractivity contribution in [1.82, 2.24) is 4.90 Å². The number of hydrogen-bond donors (Lipinski definition) is 6. The number of ether oxygens (including phenoxy) is 2. The molecule has 0 amide bonds. The molecule has 42 heavy (non-hydrogen) atoms. The molecule has 0 aromatic heterocycles. The van der Waals surface area contributed by atoms with Crippen molar-refractivity contribution in [1.29, 1.82) is 0 Å². The quantitative estimate of drug-likeness (QED) is 0.234. The van der Waals surface area contributed by atoms with Crippen LogP contribution in [0.4, 0.5) is 0 Å². The summed E-state index contributed by atoms with van der Waals surface area (Å²) in [6.45, 7) is 1.33. The minimum absolute atomic E-state index is 0.123. The summed E-state index contributed by atoms with van der Waals surface area (Å²) in [7, 11) is 0. The first-order valence-electron chi connectivity index (χ1n) is 13.8. The van der Waals surface area contributed by atoms with Gasteiger partial charge in [0.05, 0.1) is 34.9 Å². The number of aromatic hydroxyl groups is 3. The van der Waals surface area contributed by atoms with Crippen LogP contribution in [-0.2, 0) is 20.7 Å². The second-order valence-corrected chi connectivity index (χ2v) is 11.3. The first-order chi connectivity index (χ1) is 20.0. The number of Topliss-reactive ketones (excluding diaryl/α,β-unsaturated/α-hetero) is 1. The smallest absolute Gasteiger partial charge is 0.202 e. The molecule has 1 saturated heterocycles. The van der Waals surface area contributed by atoms with Crippen LogP contribution in [0.2, 0.25) is 0 Å². The zero-order valence-electron chi connectivity index (χ0n) is 22.7. The molecule has 0 saturated carbocycles. The third-order valence-corrected chi connectivity index (χ3v) is 8.80. The maximum atomic E-state index is 13.6. The van der Waals surface area contributed by atoms with Gasteiger partial charge in [0, 0.05) is 42.5 Å². The first-order valence-corrected chi connectivity index (χ1v) is 13.8. The molecule has 1 fully saturated rings. The van der Waals surface area contributed by atoms with E-state index in [1.807, 2.05) is 17.2 Å². The van der Waals surface area contributed by atoms with Gasteiger partial charge in [0.25, 0.3) is 0 Å². The van der Waals surface area contributed by atoms with E-state index in [9.17, 15) is 45.0 Å². The van der Waals surface area contributed by atoms with Gasteiger partial charge in [0.1, 0.15) is 35.6 Å². The predicted molar refractivity (Wildman–Crippen MR) is 143 cm³/mol. The number of hydrogen-bond acceptors (Lipinski definition) is 12. The fraction of sp³-hybridized carbons (Fsp3) is 0.433. The van der Waals surface area contributed by atoms with Crippen molar-refractivity contribution in [2.45, 2.75) is 68.9 Å². The fourth-order valence-corrected chi connectivity index (χ4v) is 6.65. The van der Waals surface area contributed by atoms with Crippen LogP contribution in [-0.4, -0.2) is 96.2 Å². The summed E-state index contributed by atoms with van der Waals surface area (Å²) in [5.41, 5.74) is -4.14. The van der Waals surface area contributed by atoms with E-state index >= 15 is 0 Å². The summed E-state index contributed by atoms with van der Waals surface area (Å²) in [5, 5.41) is 65.1. The molecule has 222 valence electrons. The summed E-state index contributed by atoms with van der Waals surface area (Å²) in [6.07, 6.45) is -0.0989. The number of phenols is 3. The molecule has 6 N–H and O–H groups in total. The second-order valence-electron chi connectivity index (χ2n) is 11.3. The summed E-state index contributed by atoms with van der Waals surface area (Å²) in [6, 6.07) is 3.49. The molecule has 4 aliphatic rings. The van der Waals surface area contributed by atoms with Gasteiger partial charge in [-0.3, -0.25) is 14.4 Å². The van der Waals surface area contributed by atoms with Crippen LogP contribution < -0.4 is 0 Å². The number of carbonyl (C=O) groups is 3. The molecule has 6 atom stereocenters. The van der Waals surface area contributed by atoms with Crippen molar-refractivity contribution >= 4 is 17.3 Å². The van der Waals surface area contributed by atoms with E-state index in [-0.39, 0.29) is 34.7 Å². The molecular weight excluding hydrogens is 550 g/mol. The van der Waals surface area contributed by atoms with Crippen molar-refractivity contribution in [3.8, 4) is 17.2 Å². The van der Waals surface area contributed by atoms with Crippen molar-refractivity contribution < 1.29 is 54.5 Å². The number of phenolic OH excluding ortho intramolecular Hbond substituents is 3. The third kappa shape index (κ3) is 4.21. The molecule has 2 aromatic rings. The number of nitrogens with zero attached hydrogens (tertiary/aromatic N) is 1. The number of carbonyl (C=O) groups excluding carboxylic acids is 3. The van der Waals surface area contributed by atoms with Crippen LogP contribution >= 0.6 is 0 Å². The largest absolute Gasteiger partial charge is 0.507 e. The average molecular weight is 582 g/mol. The second kappa shape index (κ2) is 10.2. The standard InChI is InChI=1S/C30H31NO11/c1-13-25(35)16(31-7-2-3-8-31)9-20(41-13)42-18-11-30(40,19(34)12-32)10-15-22(18)29(39)24-23(27(15)37)26(36)14-5-4-6-17(33)21(14)28(24)38/h2,4-7,13,16,18,20,25,32-33,35,37,39-40H,3,8-12H2,1H3. The Bertz CT molecular complexity index is 1530. The van der Waals surface area contributed by atoms with Gasteiger partial charge in [-0.1, -0.05) is 18.2 Å². The zero-order valence-corrected chi connectivity index (χ0v) is 22.7. The molecule has 12 heteroatoms. The van der Waals surface area contributed by atoms with Crippen molar-refractivity contribution in [2.75, 3.05) is 13.2 Å². The Morgan fingerprint density at radius 3 is 2.55 bits per heavy atom. The molecule has 0 spiro atoms. The van der Waals surface area contributed by atoms with Crippen LogP contribution in [0.25, 0.3) is 0 Å². The third-order valence-electron chi connectivity index (χ3n) is 8.80. The maximum Gasteiger partial charge on any atom is 0.202 e. The Kier molecular flexibility index (Phi) is 6.86. The lowest BCUT2D eigenvalue weighted by Gasteiger charge is -2.44. The lowest BCUT2D eigenvalue weighted by Crippen LogP contribution is -2.54. The molecule has 6 unspecified atom stereocenters. The average Bonchev–Trinajstić information content (AvgIpc) is 3.49. The summed E-state index contributed by atoms with van der Waals surface area (Å²) >= 11 is 0. The van der Waals surface area contributed by atoms with E-state index in [2.05, 4.69) is 0 Å². The Morgan fingerprint density at radius 1 is 1.12 bits per heavy atom. The predicted octanol–water partition coefficient (Wildman–Crippen LogP) is 0.959. The maximum absolute atomic E-state index is 13.6. The normalized spacial score (nSPS) is 30.2. The van der Waals surface area contributed by atoms with Crippen molar-refractivity contribution in [3.05, 3.63) is 63.9 Å². The number of ketones is 3. The monoisotopic (exact) mass is 581 g/mol. The van der Waals surface area contributed by atoms with E-state index in [1.54, 1.807) is 6.92 Å². The summed E-state index contributed by atoms with van der Waals surface area (Å²) < 4.78 is 12.2. The van der Waals surface area contributed by atoms with Crippen LogP contribution in [0.1, 0.15) is 75.3 Å².